The van der Waals surface area contributed by atoms with Crippen LogP contribution in [0.4, 0.5) is 0 Å². The summed E-state index contributed by atoms with van der Waals surface area (Å²) >= 11 is 0. The number of aromatic nitrogens is 2. The fourth-order valence-corrected chi connectivity index (χ4v) is 3.66. The molecule has 0 saturated heterocycles. The molecule has 0 spiro atoms. The lowest BCUT2D eigenvalue weighted by atomic mass is 10.0. The summed E-state index contributed by atoms with van der Waals surface area (Å²) in [6, 6.07) is 6.34. The molecule has 0 unspecified atom stereocenters. The van der Waals surface area contributed by atoms with Crippen LogP contribution in [0.3, 0.4) is 0 Å². The zero-order valence-corrected chi connectivity index (χ0v) is 16.1. The minimum absolute atomic E-state index is 0.245. The summed E-state index contributed by atoms with van der Waals surface area (Å²) in [5, 5.41) is 13.0. The van der Waals surface area contributed by atoms with E-state index in [-0.39, 0.29) is 6.42 Å². The molecule has 1 aromatic heterocycles. The number of aryl methyl sites for hydroxylation is 2. The highest BCUT2D eigenvalue weighted by Crippen LogP contribution is 2.26. The number of nitrogens with zero attached hydrogens (tertiary/aromatic N) is 3. The maximum Gasteiger partial charge on any atom is 0.303 e. The molecule has 2 heterocycles. The van der Waals surface area contributed by atoms with Gasteiger partial charge in [0.1, 0.15) is 5.75 Å². The Morgan fingerprint density at radius 3 is 2.89 bits per heavy atom. The second-order valence-corrected chi connectivity index (χ2v) is 7.21. The molecular formula is C21H29N3O3. The quantitative estimate of drug-likeness (QED) is 0.687. The number of hydrogen-bond donors (Lipinski definition) is 1. The van der Waals surface area contributed by atoms with Crippen molar-refractivity contribution in [2.45, 2.75) is 38.5 Å². The van der Waals surface area contributed by atoms with E-state index in [4.69, 9.17) is 9.84 Å². The third kappa shape index (κ3) is 5.82. The standard InChI is InChI=1S/C21H29N3O3/c1-23-16-17(15-22-23)5-4-14-27-20-7-2-6-18-9-12-24(13-10-19(18)20)11-3-8-21(25)26/h2,6-7,15-16H,3-5,8-14H2,1H3,(H,25,26). The summed E-state index contributed by atoms with van der Waals surface area (Å²) in [7, 11) is 1.93. The highest BCUT2D eigenvalue weighted by Gasteiger charge is 2.17. The molecule has 6 nitrogen and oxygen atoms in total. The molecule has 0 aliphatic carbocycles. The number of aliphatic carboxylic acids is 1. The van der Waals surface area contributed by atoms with Crippen molar-refractivity contribution < 1.29 is 14.6 Å². The minimum atomic E-state index is -0.713. The SMILES string of the molecule is Cn1cc(CCCOc2cccc3c2CCN(CCCC(=O)O)CC3)cn1. The van der Waals surface area contributed by atoms with Crippen LogP contribution in [0.25, 0.3) is 0 Å². The normalized spacial score (nSPS) is 14.6. The van der Waals surface area contributed by atoms with Gasteiger partial charge in [0.25, 0.3) is 0 Å². The summed E-state index contributed by atoms with van der Waals surface area (Å²) in [6.45, 7) is 3.50. The number of carboxylic acid groups (broad SMARTS) is 1. The van der Waals surface area contributed by atoms with E-state index in [9.17, 15) is 4.79 Å². The maximum absolute atomic E-state index is 10.7. The van der Waals surface area contributed by atoms with Gasteiger partial charge in [-0.3, -0.25) is 9.48 Å². The van der Waals surface area contributed by atoms with E-state index in [1.54, 1.807) is 0 Å². The third-order valence-corrected chi connectivity index (χ3v) is 5.10. The first-order valence-corrected chi connectivity index (χ1v) is 9.77. The highest BCUT2D eigenvalue weighted by molar-refractivity contribution is 5.66. The fraction of sp³-hybridized carbons (Fsp3) is 0.524. The van der Waals surface area contributed by atoms with Gasteiger partial charge in [0.15, 0.2) is 0 Å². The molecule has 2 aromatic rings. The predicted octanol–water partition coefficient (Wildman–Crippen LogP) is 2.70. The Kier molecular flexibility index (Phi) is 6.87. The second-order valence-electron chi connectivity index (χ2n) is 7.21. The summed E-state index contributed by atoms with van der Waals surface area (Å²) in [4.78, 5) is 13.1. The molecule has 146 valence electrons. The average molecular weight is 371 g/mol. The lowest BCUT2D eigenvalue weighted by Gasteiger charge is -2.19. The van der Waals surface area contributed by atoms with Gasteiger partial charge in [-0.2, -0.15) is 5.10 Å². The summed E-state index contributed by atoms with van der Waals surface area (Å²) in [5.74, 6) is 0.293. The Morgan fingerprint density at radius 2 is 2.11 bits per heavy atom. The largest absolute Gasteiger partial charge is 0.493 e. The van der Waals surface area contributed by atoms with Gasteiger partial charge in [0, 0.05) is 32.8 Å². The first kappa shape index (κ1) is 19.4. The van der Waals surface area contributed by atoms with Crippen molar-refractivity contribution in [1.82, 2.24) is 14.7 Å². The van der Waals surface area contributed by atoms with Gasteiger partial charge >= 0.3 is 5.97 Å². The molecule has 6 heteroatoms. The third-order valence-electron chi connectivity index (χ3n) is 5.10. The molecule has 1 aromatic carbocycles. The molecule has 1 aliphatic rings. The molecule has 0 atom stereocenters. The first-order valence-electron chi connectivity index (χ1n) is 9.77. The summed E-state index contributed by atoms with van der Waals surface area (Å²) in [6.07, 6.45) is 8.81. The molecule has 0 radical (unpaired) electrons. The van der Waals surface area contributed by atoms with Gasteiger partial charge in [0.05, 0.1) is 12.8 Å². The van der Waals surface area contributed by atoms with E-state index in [2.05, 4.69) is 28.2 Å². The molecule has 0 saturated carbocycles. The van der Waals surface area contributed by atoms with Crippen LogP contribution < -0.4 is 4.74 Å². The van der Waals surface area contributed by atoms with Crippen LogP contribution in [-0.2, 0) is 31.1 Å². The minimum Gasteiger partial charge on any atom is -0.493 e. The number of fused-ring (bicyclic) bond motifs is 1. The number of carboxylic acids is 1. The molecule has 3 rings (SSSR count). The Hall–Kier alpha value is -2.34. The summed E-state index contributed by atoms with van der Waals surface area (Å²) < 4.78 is 7.94. The van der Waals surface area contributed by atoms with Crippen LogP contribution in [-0.4, -0.2) is 52.0 Å². The van der Waals surface area contributed by atoms with Crippen molar-refractivity contribution in [2.75, 3.05) is 26.2 Å². The second kappa shape index (κ2) is 9.55. The van der Waals surface area contributed by atoms with Crippen LogP contribution in [0, 0.1) is 0 Å². The number of benzene rings is 1. The van der Waals surface area contributed by atoms with Gasteiger partial charge in [-0.25, -0.2) is 0 Å². The molecule has 0 bridgehead atoms. The molecular weight excluding hydrogens is 342 g/mol. The van der Waals surface area contributed by atoms with Crippen molar-refractivity contribution >= 4 is 5.97 Å². The van der Waals surface area contributed by atoms with E-state index in [0.29, 0.717) is 13.0 Å². The zero-order chi connectivity index (χ0) is 19.1. The Morgan fingerprint density at radius 1 is 1.26 bits per heavy atom. The Labute approximate surface area is 160 Å². The zero-order valence-electron chi connectivity index (χ0n) is 16.1. The number of hydrogen-bond acceptors (Lipinski definition) is 4. The van der Waals surface area contributed by atoms with Crippen molar-refractivity contribution in [1.29, 1.82) is 0 Å². The number of ether oxygens (including phenoxy) is 1. The average Bonchev–Trinajstić information content (AvgIpc) is 2.94. The summed E-state index contributed by atoms with van der Waals surface area (Å²) in [5.41, 5.74) is 3.92. The van der Waals surface area contributed by atoms with Crippen LogP contribution in [0.2, 0.25) is 0 Å². The smallest absolute Gasteiger partial charge is 0.303 e. The Bertz CT molecular complexity index is 757. The van der Waals surface area contributed by atoms with E-state index < -0.39 is 5.97 Å². The van der Waals surface area contributed by atoms with Gasteiger partial charge in [-0.15, -0.1) is 0 Å². The van der Waals surface area contributed by atoms with E-state index >= 15 is 0 Å². The van der Waals surface area contributed by atoms with Crippen LogP contribution >= 0.6 is 0 Å². The topological polar surface area (TPSA) is 67.6 Å². The van der Waals surface area contributed by atoms with Crippen LogP contribution in [0.15, 0.2) is 30.6 Å². The fourth-order valence-electron chi connectivity index (χ4n) is 3.66. The van der Waals surface area contributed by atoms with Crippen LogP contribution in [0.1, 0.15) is 36.0 Å². The molecule has 0 fully saturated rings. The first-order chi connectivity index (χ1) is 13.1. The maximum atomic E-state index is 10.7. The highest BCUT2D eigenvalue weighted by atomic mass is 16.5. The van der Waals surface area contributed by atoms with Gasteiger partial charge in [-0.05, 0) is 61.4 Å². The molecule has 1 N–H and O–H groups in total. The van der Waals surface area contributed by atoms with E-state index in [1.165, 1.54) is 16.7 Å². The Balaban J connectivity index is 1.50. The van der Waals surface area contributed by atoms with Gasteiger partial charge in [-0.1, -0.05) is 12.1 Å². The number of carbonyl (C=O) groups is 1. The monoisotopic (exact) mass is 371 g/mol. The predicted molar refractivity (Wildman–Crippen MR) is 104 cm³/mol. The van der Waals surface area contributed by atoms with E-state index in [0.717, 1.165) is 51.1 Å². The van der Waals surface area contributed by atoms with Gasteiger partial charge < -0.3 is 14.7 Å². The van der Waals surface area contributed by atoms with Crippen LogP contribution in [0.5, 0.6) is 5.75 Å². The lowest BCUT2D eigenvalue weighted by molar-refractivity contribution is -0.137. The van der Waals surface area contributed by atoms with Crippen molar-refractivity contribution in [3.63, 3.8) is 0 Å². The van der Waals surface area contributed by atoms with Gasteiger partial charge in [0.2, 0.25) is 0 Å². The van der Waals surface area contributed by atoms with Crippen molar-refractivity contribution in [2.24, 2.45) is 7.05 Å². The molecule has 1 aliphatic heterocycles. The van der Waals surface area contributed by atoms with E-state index in [1.807, 2.05) is 24.1 Å². The molecule has 0 amide bonds. The van der Waals surface area contributed by atoms with Crippen molar-refractivity contribution in [3.8, 4) is 5.75 Å². The lowest BCUT2D eigenvalue weighted by Crippen LogP contribution is -2.27. The van der Waals surface area contributed by atoms with Crippen molar-refractivity contribution in [3.05, 3.63) is 47.3 Å². The molecule has 27 heavy (non-hydrogen) atoms. The number of rotatable bonds is 9.